The first-order chi connectivity index (χ1) is 6.99. The quantitative estimate of drug-likeness (QED) is 0.516. The highest BCUT2D eigenvalue weighted by Crippen LogP contribution is 2.00. The molecule has 0 saturated heterocycles. The van der Waals surface area contributed by atoms with E-state index in [9.17, 15) is 19.7 Å². The molecule has 15 heavy (non-hydrogen) atoms. The van der Waals surface area contributed by atoms with Crippen molar-refractivity contribution in [1.82, 2.24) is 9.13 Å². The Balaban J connectivity index is 3.53. The van der Waals surface area contributed by atoms with Gasteiger partial charge >= 0.3 is 16.9 Å². The van der Waals surface area contributed by atoms with E-state index in [0.717, 1.165) is 10.8 Å². The molecule has 7 heteroatoms. The second-order valence-electron chi connectivity index (χ2n) is 3.11. The number of nitro groups is 1. The third-order valence-corrected chi connectivity index (χ3v) is 2.00. The Morgan fingerprint density at radius 1 is 1.47 bits per heavy atom. The molecule has 7 nitrogen and oxygen atoms in total. The van der Waals surface area contributed by atoms with E-state index in [1.165, 1.54) is 11.6 Å². The number of rotatable bonds is 3. The first-order valence-corrected chi connectivity index (χ1v) is 4.44. The Labute approximate surface area is 84.7 Å². The molecule has 0 saturated carbocycles. The van der Waals surface area contributed by atoms with E-state index in [1.807, 2.05) is 6.92 Å². The monoisotopic (exact) mass is 213 g/mol. The highest BCUT2D eigenvalue weighted by Gasteiger charge is 2.17. The maximum atomic E-state index is 11.5. The molecule has 0 amide bonds. The first kappa shape index (κ1) is 11.2. The molecule has 0 atom stereocenters. The summed E-state index contributed by atoms with van der Waals surface area (Å²) in [5, 5.41) is 10.5. The van der Waals surface area contributed by atoms with Crippen LogP contribution in [0.4, 0.5) is 5.69 Å². The maximum absolute atomic E-state index is 11.5. The van der Waals surface area contributed by atoms with Crippen molar-refractivity contribution in [3.05, 3.63) is 37.1 Å². The van der Waals surface area contributed by atoms with Crippen molar-refractivity contribution in [1.29, 1.82) is 0 Å². The minimum Gasteiger partial charge on any atom is -0.294 e. The summed E-state index contributed by atoms with van der Waals surface area (Å²) in [5.74, 6) is 0. The number of aryl methyl sites for hydroxylation is 1. The summed E-state index contributed by atoms with van der Waals surface area (Å²) in [6.45, 7) is 2.19. The summed E-state index contributed by atoms with van der Waals surface area (Å²) in [5.41, 5.74) is -1.99. The molecule has 1 heterocycles. The predicted octanol–water partition coefficient (Wildman–Crippen LogP) is -0.135. The molecule has 1 rings (SSSR count). The van der Waals surface area contributed by atoms with E-state index in [0.29, 0.717) is 13.0 Å². The van der Waals surface area contributed by atoms with Crippen LogP contribution >= 0.6 is 0 Å². The van der Waals surface area contributed by atoms with E-state index >= 15 is 0 Å². The molecule has 0 N–H and O–H groups in total. The van der Waals surface area contributed by atoms with Crippen molar-refractivity contribution >= 4 is 5.69 Å². The molecule has 0 unspecified atom stereocenters. The standard InChI is InChI=1S/C8H11N3O4/c1-3-4-10-5-6(11(14)15)7(12)9(2)8(10)13/h5H,3-4H2,1-2H3. The molecular formula is C8H11N3O4. The van der Waals surface area contributed by atoms with Gasteiger partial charge in [0.05, 0.1) is 11.1 Å². The van der Waals surface area contributed by atoms with Gasteiger partial charge in [0.25, 0.3) is 0 Å². The van der Waals surface area contributed by atoms with E-state index in [-0.39, 0.29) is 0 Å². The Morgan fingerprint density at radius 3 is 2.53 bits per heavy atom. The summed E-state index contributed by atoms with van der Waals surface area (Å²) in [4.78, 5) is 32.5. The number of nitrogens with zero attached hydrogens (tertiary/aromatic N) is 3. The van der Waals surface area contributed by atoms with Crippen molar-refractivity contribution in [2.24, 2.45) is 7.05 Å². The van der Waals surface area contributed by atoms with Crippen LogP contribution in [0.25, 0.3) is 0 Å². The Hall–Kier alpha value is -1.92. The van der Waals surface area contributed by atoms with Crippen molar-refractivity contribution in [3.63, 3.8) is 0 Å². The van der Waals surface area contributed by atoms with Crippen LogP contribution in [0.5, 0.6) is 0 Å². The van der Waals surface area contributed by atoms with Gasteiger partial charge in [-0.2, -0.15) is 0 Å². The van der Waals surface area contributed by atoms with Crippen LogP contribution in [0.1, 0.15) is 13.3 Å². The summed E-state index contributed by atoms with van der Waals surface area (Å²) in [6.07, 6.45) is 1.66. The molecule has 1 aromatic heterocycles. The lowest BCUT2D eigenvalue weighted by atomic mass is 10.4. The summed E-state index contributed by atoms with van der Waals surface area (Å²) in [7, 11) is 1.23. The smallest absolute Gasteiger partial charge is 0.294 e. The van der Waals surface area contributed by atoms with Crippen LogP contribution in [-0.2, 0) is 13.6 Å². The van der Waals surface area contributed by atoms with Crippen molar-refractivity contribution < 1.29 is 4.92 Å². The van der Waals surface area contributed by atoms with Gasteiger partial charge in [-0.05, 0) is 6.42 Å². The zero-order valence-corrected chi connectivity index (χ0v) is 8.47. The molecule has 82 valence electrons. The molecule has 0 radical (unpaired) electrons. The van der Waals surface area contributed by atoms with Gasteiger partial charge in [-0.3, -0.25) is 24.0 Å². The fraction of sp³-hybridized carbons (Fsp3) is 0.500. The molecule has 0 spiro atoms. The van der Waals surface area contributed by atoms with Gasteiger partial charge in [-0.1, -0.05) is 6.92 Å². The van der Waals surface area contributed by atoms with Gasteiger partial charge in [-0.25, -0.2) is 4.79 Å². The Kier molecular flexibility index (Phi) is 3.03. The van der Waals surface area contributed by atoms with Crippen molar-refractivity contribution in [2.75, 3.05) is 0 Å². The van der Waals surface area contributed by atoms with Gasteiger partial charge in [0.15, 0.2) is 0 Å². The third kappa shape index (κ3) is 1.95. The van der Waals surface area contributed by atoms with Crippen LogP contribution in [0.2, 0.25) is 0 Å². The summed E-state index contributed by atoms with van der Waals surface area (Å²) < 4.78 is 1.91. The largest absolute Gasteiger partial charge is 0.350 e. The van der Waals surface area contributed by atoms with Crippen LogP contribution < -0.4 is 11.2 Å². The molecule has 0 aromatic carbocycles. The molecular weight excluding hydrogens is 202 g/mol. The van der Waals surface area contributed by atoms with E-state index in [2.05, 4.69) is 0 Å². The lowest BCUT2D eigenvalue weighted by Gasteiger charge is -2.04. The lowest BCUT2D eigenvalue weighted by Crippen LogP contribution is -2.38. The summed E-state index contributed by atoms with van der Waals surface area (Å²) >= 11 is 0. The molecule has 0 bridgehead atoms. The fourth-order valence-electron chi connectivity index (χ4n) is 1.24. The Bertz CT molecular complexity index is 500. The SMILES string of the molecule is CCCn1cc([N+](=O)[O-])c(=O)n(C)c1=O. The van der Waals surface area contributed by atoms with Gasteiger partial charge in [0.1, 0.15) is 0 Å². The number of hydrogen-bond acceptors (Lipinski definition) is 4. The number of hydrogen-bond donors (Lipinski definition) is 0. The van der Waals surface area contributed by atoms with Gasteiger partial charge in [0, 0.05) is 13.6 Å². The third-order valence-electron chi connectivity index (χ3n) is 2.00. The van der Waals surface area contributed by atoms with Crippen LogP contribution in [-0.4, -0.2) is 14.1 Å². The van der Waals surface area contributed by atoms with Crippen molar-refractivity contribution in [3.8, 4) is 0 Å². The zero-order valence-electron chi connectivity index (χ0n) is 8.47. The molecule has 0 aliphatic heterocycles. The van der Waals surface area contributed by atoms with Crippen molar-refractivity contribution in [2.45, 2.75) is 19.9 Å². The molecule has 0 aliphatic carbocycles. The topological polar surface area (TPSA) is 87.1 Å². The number of aromatic nitrogens is 2. The second-order valence-corrected chi connectivity index (χ2v) is 3.11. The zero-order chi connectivity index (χ0) is 11.6. The predicted molar refractivity (Wildman–Crippen MR) is 52.9 cm³/mol. The normalized spacial score (nSPS) is 10.3. The minimum atomic E-state index is -0.877. The van der Waals surface area contributed by atoms with E-state index in [1.54, 1.807) is 0 Å². The molecule has 0 aliphatic rings. The molecule has 1 aromatic rings. The summed E-state index contributed by atoms with van der Waals surface area (Å²) in [6, 6.07) is 0. The Morgan fingerprint density at radius 2 is 2.07 bits per heavy atom. The average Bonchev–Trinajstić information content (AvgIpc) is 2.18. The molecule has 0 fully saturated rings. The maximum Gasteiger partial charge on any atom is 0.350 e. The van der Waals surface area contributed by atoms with Crippen LogP contribution in [0, 0.1) is 10.1 Å². The second kappa shape index (κ2) is 4.07. The lowest BCUT2D eigenvalue weighted by molar-refractivity contribution is -0.387. The van der Waals surface area contributed by atoms with E-state index < -0.39 is 21.9 Å². The highest BCUT2D eigenvalue weighted by molar-refractivity contribution is 5.21. The first-order valence-electron chi connectivity index (χ1n) is 4.44. The highest BCUT2D eigenvalue weighted by atomic mass is 16.6. The van der Waals surface area contributed by atoms with Crippen LogP contribution in [0.3, 0.4) is 0 Å². The van der Waals surface area contributed by atoms with E-state index in [4.69, 9.17) is 0 Å². The van der Waals surface area contributed by atoms with Gasteiger partial charge < -0.3 is 0 Å². The van der Waals surface area contributed by atoms with Crippen LogP contribution in [0.15, 0.2) is 15.8 Å². The fourth-order valence-corrected chi connectivity index (χ4v) is 1.24. The minimum absolute atomic E-state index is 0.355. The van der Waals surface area contributed by atoms with Gasteiger partial charge in [-0.15, -0.1) is 0 Å². The average molecular weight is 213 g/mol. The van der Waals surface area contributed by atoms with Gasteiger partial charge in [0.2, 0.25) is 0 Å².